The Kier molecular flexibility index (Phi) is 3.57. The number of rotatable bonds is 2. The van der Waals surface area contributed by atoms with E-state index in [1.54, 1.807) is 6.20 Å². The Morgan fingerprint density at radius 2 is 2.19 bits per heavy atom. The lowest BCUT2D eigenvalue weighted by molar-refractivity contribution is 0.316. The molecule has 0 saturated carbocycles. The van der Waals surface area contributed by atoms with Crippen LogP contribution in [0.25, 0.3) is 0 Å². The summed E-state index contributed by atoms with van der Waals surface area (Å²) in [6.45, 7) is 1.09. The molecule has 0 aromatic carbocycles. The highest BCUT2D eigenvalue weighted by Gasteiger charge is 2.26. The van der Waals surface area contributed by atoms with Gasteiger partial charge in [-0.05, 0) is 26.4 Å². The quantitative estimate of drug-likeness (QED) is 0.817. The largest absolute Gasteiger partial charge is 0.480 e. The first-order valence-electron chi connectivity index (χ1n) is 5.23. The average molecular weight is 261 g/mol. The normalized spacial score (nSPS) is 21.4. The molecule has 0 unspecified atom stereocenters. The van der Waals surface area contributed by atoms with Gasteiger partial charge in [0.2, 0.25) is 5.88 Å². The SMILES string of the molecule is COc1ncc([C@@H]2CCCN2C)c(Cl)c1Cl. The smallest absolute Gasteiger partial charge is 0.233 e. The highest BCUT2D eigenvalue weighted by atomic mass is 35.5. The molecule has 1 atom stereocenters. The van der Waals surface area contributed by atoms with Gasteiger partial charge in [-0.3, -0.25) is 4.90 Å². The molecule has 1 aliphatic rings. The molecule has 0 radical (unpaired) electrons. The molecule has 1 aromatic heterocycles. The van der Waals surface area contributed by atoms with Crippen LogP contribution in [0.5, 0.6) is 5.88 Å². The number of likely N-dealkylation sites (tertiary alicyclic amines) is 1. The van der Waals surface area contributed by atoms with Gasteiger partial charge in [-0.1, -0.05) is 23.2 Å². The van der Waals surface area contributed by atoms with Crippen molar-refractivity contribution in [3.05, 3.63) is 21.8 Å². The molecule has 2 heterocycles. The van der Waals surface area contributed by atoms with Crippen LogP contribution < -0.4 is 4.74 Å². The maximum absolute atomic E-state index is 6.24. The highest BCUT2D eigenvalue weighted by molar-refractivity contribution is 6.43. The lowest BCUT2D eigenvalue weighted by Gasteiger charge is -2.21. The number of pyridine rings is 1. The van der Waals surface area contributed by atoms with Gasteiger partial charge in [0.05, 0.1) is 12.1 Å². The first kappa shape index (κ1) is 12.0. The Morgan fingerprint density at radius 1 is 1.44 bits per heavy atom. The van der Waals surface area contributed by atoms with Gasteiger partial charge in [0, 0.05) is 17.8 Å². The van der Waals surface area contributed by atoms with Gasteiger partial charge in [0.1, 0.15) is 5.02 Å². The Morgan fingerprint density at radius 3 is 2.75 bits per heavy atom. The molecule has 88 valence electrons. The summed E-state index contributed by atoms with van der Waals surface area (Å²) in [4.78, 5) is 6.44. The topological polar surface area (TPSA) is 25.4 Å². The number of aromatic nitrogens is 1. The van der Waals surface area contributed by atoms with Crippen LogP contribution in [0.3, 0.4) is 0 Å². The van der Waals surface area contributed by atoms with Crippen molar-refractivity contribution in [1.82, 2.24) is 9.88 Å². The number of nitrogens with zero attached hydrogens (tertiary/aromatic N) is 2. The molecule has 0 N–H and O–H groups in total. The number of hydrogen-bond donors (Lipinski definition) is 0. The van der Waals surface area contributed by atoms with Crippen molar-refractivity contribution in [2.75, 3.05) is 20.7 Å². The summed E-state index contributed by atoms with van der Waals surface area (Å²) in [5.74, 6) is 0.385. The van der Waals surface area contributed by atoms with Crippen LogP contribution in [0.4, 0.5) is 0 Å². The first-order valence-corrected chi connectivity index (χ1v) is 5.99. The third-order valence-corrected chi connectivity index (χ3v) is 3.88. The second kappa shape index (κ2) is 4.78. The molecule has 0 bridgehead atoms. The number of hydrogen-bond acceptors (Lipinski definition) is 3. The third-order valence-electron chi connectivity index (χ3n) is 3.03. The lowest BCUT2D eigenvalue weighted by Crippen LogP contribution is -2.18. The lowest BCUT2D eigenvalue weighted by atomic mass is 10.1. The minimum Gasteiger partial charge on any atom is -0.480 e. The second-order valence-electron chi connectivity index (χ2n) is 3.99. The molecule has 0 amide bonds. The summed E-state index contributed by atoms with van der Waals surface area (Å²) in [5, 5.41) is 0.967. The van der Waals surface area contributed by atoms with E-state index in [0.717, 1.165) is 18.5 Å². The van der Waals surface area contributed by atoms with Crippen LogP contribution in [0.2, 0.25) is 10.0 Å². The van der Waals surface area contributed by atoms with Crippen molar-refractivity contribution in [2.45, 2.75) is 18.9 Å². The van der Waals surface area contributed by atoms with E-state index >= 15 is 0 Å². The zero-order chi connectivity index (χ0) is 11.7. The fraction of sp³-hybridized carbons (Fsp3) is 0.545. The zero-order valence-corrected chi connectivity index (χ0v) is 10.8. The van der Waals surface area contributed by atoms with Gasteiger partial charge in [-0.2, -0.15) is 0 Å². The third kappa shape index (κ3) is 1.99. The molecule has 0 spiro atoms. The second-order valence-corrected chi connectivity index (χ2v) is 4.75. The molecule has 0 aliphatic carbocycles. The molecular weight excluding hydrogens is 247 g/mol. The fourth-order valence-corrected chi connectivity index (χ4v) is 2.63. The zero-order valence-electron chi connectivity index (χ0n) is 9.33. The summed E-state index contributed by atoms with van der Waals surface area (Å²) in [7, 11) is 3.62. The maximum atomic E-state index is 6.24. The Hall–Kier alpha value is -0.510. The van der Waals surface area contributed by atoms with Crippen LogP contribution in [-0.4, -0.2) is 30.6 Å². The van der Waals surface area contributed by atoms with Gasteiger partial charge >= 0.3 is 0 Å². The minimum atomic E-state index is 0.323. The van der Waals surface area contributed by atoms with Gasteiger partial charge in [0.15, 0.2) is 0 Å². The van der Waals surface area contributed by atoms with E-state index in [1.807, 2.05) is 0 Å². The van der Waals surface area contributed by atoms with E-state index < -0.39 is 0 Å². The van der Waals surface area contributed by atoms with Crippen molar-refractivity contribution in [1.29, 1.82) is 0 Å². The van der Waals surface area contributed by atoms with E-state index in [-0.39, 0.29) is 0 Å². The maximum Gasteiger partial charge on any atom is 0.233 e. The summed E-state index contributed by atoms with van der Waals surface area (Å²) < 4.78 is 5.03. The van der Waals surface area contributed by atoms with Crippen LogP contribution in [0.15, 0.2) is 6.20 Å². The van der Waals surface area contributed by atoms with Gasteiger partial charge < -0.3 is 4.74 Å². The van der Waals surface area contributed by atoms with Crippen molar-refractivity contribution in [3.8, 4) is 5.88 Å². The highest BCUT2D eigenvalue weighted by Crippen LogP contribution is 2.40. The number of ether oxygens (including phenoxy) is 1. The van der Waals surface area contributed by atoms with Crippen molar-refractivity contribution in [3.63, 3.8) is 0 Å². The van der Waals surface area contributed by atoms with Crippen molar-refractivity contribution >= 4 is 23.2 Å². The van der Waals surface area contributed by atoms with Crippen LogP contribution >= 0.6 is 23.2 Å². The fourth-order valence-electron chi connectivity index (χ4n) is 2.14. The number of methoxy groups -OCH3 is 1. The molecule has 1 saturated heterocycles. The molecule has 1 fully saturated rings. The molecule has 1 aromatic rings. The van der Waals surface area contributed by atoms with E-state index in [4.69, 9.17) is 27.9 Å². The predicted octanol–water partition coefficient (Wildman–Crippen LogP) is 3.16. The van der Waals surface area contributed by atoms with Gasteiger partial charge in [-0.25, -0.2) is 4.98 Å². The predicted molar refractivity (Wildman–Crippen MR) is 65.4 cm³/mol. The molecule has 1 aliphatic heterocycles. The van der Waals surface area contributed by atoms with Gasteiger partial charge in [-0.15, -0.1) is 0 Å². The van der Waals surface area contributed by atoms with E-state index in [1.165, 1.54) is 13.5 Å². The summed E-state index contributed by atoms with van der Waals surface area (Å²) >= 11 is 12.3. The van der Waals surface area contributed by atoms with Crippen molar-refractivity contribution < 1.29 is 4.74 Å². The van der Waals surface area contributed by atoms with E-state index in [0.29, 0.717) is 22.0 Å². The summed E-state index contributed by atoms with van der Waals surface area (Å²) in [5.41, 5.74) is 0.993. The minimum absolute atomic E-state index is 0.323. The Balaban J connectivity index is 2.38. The molecular formula is C11H14Cl2N2O. The summed E-state index contributed by atoms with van der Waals surface area (Å²) in [6.07, 6.45) is 4.04. The van der Waals surface area contributed by atoms with Crippen LogP contribution in [0.1, 0.15) is 24.4 Å². The molecule has 3 nitrogen and oxygen atoms in total. The summed E-state index contributed by atoms with van der Waals surface area (Å²) in [6, 6.07) is 0.323. The Bertz CT molecular complexity index is 398. The molecule has 5 heteroatoms. The monoisotopic (exact) mass is 260 g/mol. The van der Waals surface area contributed by atoms with E-state index in [2.05, 4.69) is 16.9 Å². The first-order chi connectivity index (χ1) is 7.65. The van der Waals surface area contributed by atoms with Crippen molar-refractivity contribution in [2.24, 2.45) is 0 Å². The molecule has 16 heavy (non-hydrogen) atoms. The van der Waals surface area contributed by atoms with E-state index in [9.17, 15) is 0 Å². The van der Waals surface area contributed by atoms with Crippen LogP contribution in [0, 0.1) is 0 Å². The average Bonchev–Trinajstić information content (AvgIpc) is 2.69. The molecule has 2 rings (SSSR count). The Labute approximate surface area is 105 Å². The standard InChI is InChI=1S/C11H14Cl2N2O/c1-15-5-3-4-8(15)7-6-14-11(16-2)10(13)9(7)12/h6,8H,3-5H2,1-2H3/t8-/m0/s1. The van der Waals surface area contributed by atoms with Gasteiger partial charge in [0.25, 0.3) is 0 Å². The number of halogens is 2. The van der Waals surface area contributed by atoms with Crippen LogP contribution in [-0.2, 0) is 0 Å².